The summed E-state index contributed by atoms with van der Waals surface area (Å²) in [4.78, 5) is 4.48. The first-order valence-electron chi connectivity index (χ1n) is 8.53. The van der Waals surface area contributed by atoms with E-state index in [0.29, 0.717) is 18.4 Å². The second-order valence-electron chi connectivity index (χ2n) is 6.17. The van der Waals surface area contributed by atoms with Crippen LogP contribution < -0.4 is 11.1 Å². The second-order valence-corrected chi connectivity index (χ2v) is 6.17. The molecule has 4 N–H and O–H groups in total. The molecule has 4 nitrogen and oxygen atoms in total. The maximum absolute atomic E-state index is 9.10. The number of nitrogens with zero attached hydrogens (tertiary/aromatic N) is 1. The van der Waals surface area contributed by atoms with Gasteiger partial charge in [-0.15, -0.1) is 24.0 Å². The van der Waals surface area contributed by atoms with Crippen molar-refractivity contribution in [3.05, 3.63) is 29.3 Å². The molecule has 1 aliphatic carbocycles. The molecule has 0 fully saturated rings. The van der Waals surface area contributed by atoms with Gasteiger partial charge in [0, 0.05) is 18.8 Å². The molecule has 1 unspecified atom stereocenters. The molecular weight excluding hydrogens is 401 g/mol. The summed E-state index contributed by atoms with van der Waals surface area (Å²) in [6, 6.07) is 6.39. The minimum Gasteiger partial charge on any atom is -0.396 e. The molecule has 0 saturated heterocycles. The van der Waals surface area contributed by atoms with Gasteiger partial charge in [-0.1, -0.05) is 25.5 Å². The van der Waals surface area contributed by atoms with E-state index in [1.165, 1.54) is 24.0 Å². The average Bonchev–Trinajstić information content (AvgIpc) is 2.53. The number of halogens is 1. The van der Waals surface area contributed by atoms with Crippen molar-refractivity contribution >= 4 is 35.6 Å². The first-order valence-corrected chi connectivity index (χ1v) is 8.53. The number of benzene rings is 1. The van der Waals surface area contributed by atoms with Crippen molar-refractivity contribution in [1.29, 1.82) is 0 Å². The number of rotatable bonds is 7. The topological polar surface area (TPSA) is 70.6 Å². The smallest absolute Gasteiger partial charge is 0.193 e. The highest BCUT2D eigenvalue weighted by Gasteiger charge is 2.13. The van der Waals surface area contributed by atoms with Crippen LogP contribution >= 0.6 is 24.0 Å². The zero-order valence-electron chi connectivity index (χ0n) is 14.1. The predicted octanol–water partition coefficient (Wildman–Crippen LogP) is 3.71. The average molecular weight is 431 g/mol. The molecule has 1 aromatic carbocycles. The summed E-state index contributed by atoms with van der Waals surface area (Å²) >= 11 is 0. The Hall–Kier alpha value is -0.820. The number of aliphatic imine (C=N–C) groups is 1. The molecule has 5 heteroatoms. The lowest BCUT2D eigenvalue weighted by Crippen LogP contribution is -2.25. The zero-order chi connectivity index (χ0) is 15.8. The van der Waals surface area contributed by atoms with Crippen molar-refractivity contribution in [2.75, 3.05) is 18.5 Å². The fourth-order valence-electron chi connectivity index (χ4n) is 3.22. The molecular formula is C18H30IN3O. The van der Waals surface area contributed by atoms with Crippen LogP contribution in [0.25, 0.3) is 0 Å². The molecule has 1 aliphatic rings. The quantitative estimate of drug-likeness (QED) is 0.350. The summed E-state index contributed by atoms with van der Waals surface area (Å²) in [5.74, 6) is 0.901. The number of fused-ring (bicyclic) bond motifs is 1. The highest BCUT2D eigenvalue weighted by Crippen LogP contribution is 2.27. The summed E-state index contributed by atoms with van der Waals surface area (Å²) in [5, 5.41) is 12.4. The summed E-state index contributed by atoms with van der Waals surface area (Å²) in [6.45, 7) is 3.06. The van der Waals surface area contributed by atoms with Crippen molar-refractivity contribution in [3.63, 3.8) is 0 Å². The molecule has 0 saturated carbocycles. The van der Waals surface area contributed by atoms with Gasteiger partial charge in [0.25, 0.3) is 0 Å². The molecule has 0 spiro atoms. The molecule has 0 aromatic heterocycles. The molecule has 0 heterocycles. The summed E-state index contributed by atoms with van der Waals surface area (Å²) < 4.78 is 0. The van der Waals surface area contributed by atoms with Crippen LogP contribution in [-0.4, -0.2) is 24.2 Å². The van der Waals surface area contributed by atoms with Crippen molar-refractivity contribution in [3.8, 4) is 0 Å². The zero-order valence-corrected chi connectivity index (χ0v) is 16.4. The van der Waals surface area contributed by atoms with E-state index >= 15 is 0 Å². The van der Waals surface area contributed by atoms with E-state index in [-0.39, 0.29) is 30.6 Å². The van der Waals surface area contributed by atoms with E-state index in [9.17, 15) is 0 Å². The lowest BCUT2D eigenvalue weighted by molar-refractivity contribution is 0.253. The number of guanidine groups is 1. The van der Waals surface area contributed by atoms with Crippen molar-refractivity contribution < 1.29 is 5.11 Å². The number of aliphatic hydroxyl groups is 1. The third kappa shape index (κ3) is 6.30. The fraction of sp³-hybridized carbons (Fsp3) is 0.611. The van der Waals surface area contributed by atoms with Gasteiger partial charge in [0.05, 0.1) is 0 Å². The predicted molar refractivity (Wildman–Crippen MR) is 109 cm³/mol. The first-order chi connectivity index (χ1) is 10.7. The van der Waals surface area contributed by atoms with E-state index < -0.39 is 0 Å². The van der Waals surface area contributed by atoms with Crippen LogP contribution in [0.5, 0.6) is 0 Å². The van der Waals surface area contributed by atoms with Crippen LogP contribution in [0.2, 0.25) is 0 Å². The normalized spacial score (nSPS) is 15.5. The summed E-state index contributed by atoms with van der Waals surface area (Å²) in [5.41, 5.74) is 9.99. The van der Waals surface area contributed by atoms with Crippen LogP contribution in [0.15, 0.2) is 23.2 Å². The Bertz CT molecular complexity index is 499. The van der Waals surface area contributed by atoms with Crippen LogP contribution in [0.4, 0.5) is 5.69 Å². The Morgan fingerprint density at radius 3 is 2.83 bits per heavy atom. The Morgan fingerprint density at radius 2 is 2.09 bits per heavy atom. The van der Waals surface area contributed by atoms with Crippen molar-refractivity contribution in [2.45, 2.75) is 51.9 Å². The third-order valence-corrected chi connectivity index (χ3v) is 4.41. The number of hydrogen-bond acceptors (Lipinski definition) is 2. The highest BCUT2D eigenvalue weighted by atomic mass is 127. The monoisotopic (exact) mass is 431 g/mol. The van der Waals surface area contributed by atoms with Gasteiger partial charge in [0.1, 0.15) is 0 Å². The highest BCUT2D eigenvalue weighted by molar-refractivity contribution is 14.0. The summed E-state index contributed by atoms with van der Waals surface area (Å²) in [6.07, 6.45) is 7.80. The molecule has 23 heavy (non-hydrogen) atoms. The number of nitrogens with one attached hydrogen (secondary N) is 1. The van der Waals surface area contributed by atoms with Gasteiger partial charge >= 0.3 is 0 Å². The van der Waals surface area contributed by atoms with Crippen molar-refractivity contribution in [1.82, 2.24) is 0 Å². The second kappa shape index (κ2) is 10.9. The van der Waals surface area contributed by atoms with Crippen LogP contribution in [0.1, 0.15) is 50.2 Å². The molecule has 2 rings (SSSR count). The molecule has 0 radical (unpaired) electrons. The van der Waals surface area contributed by atoms with E-state index in [2.05, 4.69) is 35.4 Å². The lowest BCUT2D eigenvalue weighted by atomic mass is 9.90. The molecule has 0 aliphatic heterocycles. The molecule has 1 aromatic rings. The summed E-state index contributed by atoms with van der Waals surface area (Å²) in [7, 11) is 0. The maximum Gasteiger partial charge on any atom is 0.193 e. The number of aliphatic hydroxyl groups excluding tert-OH is 1. The van der Waals surface area contributed by atoms with Gasteiger partial charge in [-0.05, 0) is 61.6 Å². The van der Waals surface area contributed by atoms with E-state index in [1.54, 1.807) is 0 Å². The molecule has 1 atom stereocenters. The molecule has 0 bridgehead atoms. The Kier molecular flexibility index (Phi) is 9.55. The maximum atomic E-state index is 9.10. The third-order valence-electron chi connectivity index (χ3n) is 4.41. The van der Waals surface area contributed by atoms with Crippen LogP contribution in [-0.2, 0) is 12.8 Å². The van der Waals surface area contributed by atoms with E-state index in [4.69, 9.17) is 10.8 Å². The Balaban J connectivity index is 0.00000264. The number of nitrogens with two attached hydrogens (primary N) is 1. The largest absolute Gasteiger partial charge is 0.396 e. The molecule has 130 valence electrons. The first kappa shape index (κ1) is 20.2. The van der Waals surface area contributed by atoms with Gasteiger partial charge in [0.2, 0.25) is 0 Å². The van der Waals surface area contributed by atoms with Crippen LogP contribution in [0, 0.1) is 5.92 Å². The standard InChI is InChI=1S/C18H29N3O.HI/c1-2-6-14(11-12-22)13-20-18(19)21-17-10-5-8-15-7-3-4-9-16(15)17;/h5,8,10,14,22H,2-4,6-7,9,11-13H2,1H3,(H3,19,20,21);1H. The van der Waals surface area contributed by atoms with Gasteiger partial charge in [0.15, 0.2) is 5.96 Å². The van der Waals surface area contributed by atoms with Gasteiger partial charge in [-0.25, -0.2) is 0 Å². The molecule has 0 amide bonds. The van der Waals surface area contributed by atoms with Gasteiger partial charge < -0.3 is 16.2 Å². The van der Waals surface area contributed by atoms with Gasteiger partial charge in [-0.2, -0.15) is 0 Å². The Labute approximate surface area is 157 Å². The van der Waals surface area contributed by atoms with E-state index in [0.717, 1.165) is 37.8 Å². The fourth-order valence-corrected chi connectivity index (χ4v) is 3.22. The number of hydrogen-bond donors (Lipinski definition) is 3. The van der Waals surface area contributed by atoms with Crippen molar-refractivity contribution in [2.24, 2.45) is 16.6 Å². The number of aryl methyl sites for hydroxylation is 1. The SMILES string of the molecule is CCCC(CCO)CN=C(N)Nc1cccc2c1CCCC2.I. The minimum atomic E-state index is 0. The van der Waals surface area contributed by atoms with Crippen LogP contribution in [0.3, 0.4) is 0 Å². The van der Waals surface area contributed by atoms with Gasteiger partial charge in [-0.3, -0.25) is 4.99 Å². The Morgan fingerprint density at radius 1 is 1.30 bits per heavy atom. The minimum absolute atomic E-state index is 0. The lowest BCUT2D eigenvalue weighted by Gasteiger charge is -2.20. The number of anilines is 1. The van der Waals surface area contributed by atoms with E-state index in [1.807, 2.05) is 0 Å².